The maximum atomic E-state index is 11.2. The predicted octanol–water partition coefficient (Wildman–Crippen LogP) is -0.173. The number of hydrogen-bond donors (Lipinski definition) is 0. The number of carbonyl (C=O) groups is 3. The standard InChI is InChI=1S/C13H20O8/c1-7(14)18-5-10-13(21-9(3)16)12(17-4)11(6-19-10)20-8(2)15/h10-13H,5-6H2,1-4H3/t10-,11+,12-,13+/m1/s1. The molecule has 8 heteroatoms. The molecule has 0 saturated carbocycles. The molecule has 0 unspecified atom stereocenters. The van der Waals surface area contributed by atoms with Crippen LogP contribution in [0.1, 0.15) is 20.8 Å². The highest BCUT2D eigenvalue weighted by Crippen LogP contribution is 2.24. The number of esters is 3. The Labute approximate surface area is 122 Å². The zero-order valence-electron chi connectivity index (χ0n) is 12.5. The molecule has 21 heavy (non-hydrogen) atoms. The van der Waals surface area contributed by atoms with E-state index < -0.39 is 42.3 Å². The molecule has 0 aromatic carbocycles. The quantitative estimate of drug-likeness (QED) is 0.510. The Morgan fingerprint density at radius 3 is 2.10 bits per heavy atom. The number of hydrogen-bond acceptors (Lipinski definition) is 8. The lowest BCUT2D eigenvalue weighted by Crippen LogP contribution is -2.57. The van der Waals surface area contributed by atoms with E-state index in [9.17, 15) is 14.4 Å². The van der Waals surface area contributed by atoms with E-state index in [1.54, 1.807) is 0 Å². The molecule has 1 rings (SSSR count). The van der Waals surface area contributed by atoms with Crippen molar-refractivity contribution in [2.45, 2.75) is 45.2 Å². The average Bonchev–Trinajstić information content (AvgIpc) is 2.36. The van der Waals surface area contributed by atoms with Gasteiger partial charge < -0.3 is 23.7 Å². The summed E-state index contributed by atoms with van der Waals surface area (Å²) in [6, 6.07) is 0. The van der Waals surface area contributed by atoms with Gasteiger partial charge in [0.25, 0.3) is 0 Å². The molecule has 1 heterocycles. The molecular weight excluding hydrogens is 284 g/mol. The molecular formula is C13H20O8. The molecule has 1 aliphatic heterocycles. The zero-order chi connectivity index (χ0) is 16.0. The first-order valence-electron chi connectivity index (χ1n) is 6.47. The summed E-state index contributed by atoms with van der Waals surface area (Å²) in [5.74, 6) is -1.51. The SMILES string of the molecule is CO[C@H]1[C@@H](OC(C)=O)[C@@H](COC(C)=O)OC[C@@H]1OC(C)=O. The van der Waals surface area contributed by atoms with Gasteiger partial charge in [0.05, 0.1) is 6.61 Å². The fraction of sp³-hybridized carbons (Fsp3) is 0.769. The number of rotatable bonds is 5. The van der Waals surface area contributed by atoms with E-state index in [1.807, 2.05) is 0 Å². The summed E-state index contributed by atoms with van der Waals surface area (Å²) < 4.78 is 25.9. The van der Waals surface area contributed by atoms with Crippen LogP contribution in [0.2, 0.25) is 0 Å². The largest absolute Gasteiger partial charge is 0.463 e. The lowest BCUT2D eigenvalue weighted by atomic mass is 9.99. The Hall–Kier alpha value is -1.67. The summed E-state index contributed by atoms with van der Waals surface area (Å²) in [6.07, 6.45) is -2.93. The van der Waals surface area contributed by atoms with Gasteiger partial charge in [-0.3, -0.25) is 14.4 Å². The van der Waals surface area contributed by atoms with E-state index in [-0.39, 0.29) is 13.2 Å². The van der Waals surface area contributed by atoms with Gasteiger partial charge in [0.1, 0.15) is 18.8 Å². The summed E-state index contributed by atoms with van der Waals surface area (Å²) in [5.41, 5.74) is 0. The molecule has 0 spiro atoms. The Bertz CT molecular complexity index is 394. The molecule has 1 aliphatic rings. The van der Waals surface area contributed by atoms with Gasteiger partial charge in [-0.25, -0.2) is 0 Å². The molecule has 8 nitrogen and oxygen atoms in total. The predicted molar refractivity (Wildman–Crippen MR) is 68.3 cm³/mol. The van der Waals surface area contributed by atoms with Crippen LogP contribution < -0.4 is 0 Å². The fourth-order valence-electron chi connectivity index (χ4n) is 2.11. The normalized spacial score (nSPS) is 28.6. The topological polar surface area (TPSA) is 97.4 Å². The minimum atomic E-state index is -0.843. The molecule has 120 valence electrons. The summed E-state index contributed by atoms with van der Waals surface area (Å²) in [6.45, 7) is 3.74. The highest BCUT2D eigenvalue weighted by Gasteiger charge is 2.45. The van der Waals surface area contributed by atoms with E-state index in [2.05, 4.69) is 0 Å². The summed E-state index contributed by atoms with van der Waals surface area (Å²) in [7, 11) is 1.41. The summed E-state index contributed by atoms with van der Waals surface area (Å²) >= 11 is 0. The van der Waals surface area contributed by atoms with Crippen LogP contribution in [0.15, 0.2) is 0 Å². The molecule has 1 saturated heterocycles. The first-order valence-corrected chi connectivity index (χ1v) is 6.47. The van der Waals surface area contributed by atoms with E-state index in [1.165, 1.54) is 27.9 Å². The monoisotopic (exact) mass is 304 g/mol. The molecule has 0 amide bonds. The van der Waals surface area contributed by atoms with Gasteiger partial charge in [0.15, 0.2) is 12.2 Å². The zero-order valence-corrected chi connectivity index (χ0v) is 12.5. The molecule has 0 bridgehead atoms. The molecule has 0 aliphatic carbocycles. The van der Waals surface area contributed by atoms with Crippen molar-refractivity contribution in [1.82, 2.24) is 0 Å². The lowest BCUT2D eigenvalue weighted by molar-refractivity contribution is -0.227. The second-order valence-electron chi connectivity index (χ2n) is 4.60. The second kappa shape index (κ2) is 7.94. The maximum absolute atomic E-state index is 11.2. The van der Waals surface area contributed by atoms with Crippen LogP contribution in [0.25, 0.3) is 0 Å². The first kappa shape index (κ1) is 17.4. The highest BCUT2D eigenvalue weighted by molar-refractivity contribution is 5.67. The van der Waals surface area contributed by atoms with Gasteiger partial charge in [0.2, 0.25) is 0 Å². The van der Waals surface area contributed by atoms with Crippen molar-refractivity contribution >= 4 is 17.9 Å². The van der Waals surface area contributed by atoms with Crippen LogP contribution in [-0.4, -0.2) is 62.6 Å². The molecule has 0 aromatic heterocycles. The van der Waals surface area contributed by atoms with Crippen molar-refractivity contribution in [1.29, 1.82) is 0 Å². The molecule has 1 fully saturated rings. The highest BCUT2D eigenvalue weighted by atomic mass is 16.6. The van der Waals surface area contributed by atoms with Crippen LogP contribution in [0, 0.1) is 0 Å². The summed E-state index contributed by atoms with van der Waals surface area (Å²) in [5, 5.41) is 0. The van der Waals surface area contributed by atoms with Crippen molar-refractivity contribution in [2.75, 3.05) is 20.3 Å². The van der Waals surface area contributed by atoms with E-state index in [4.69, 9.17) is 23.7 Å². The van der Waals surface area contributed by atoms with E-state index in [0.29, 0.717) is 0 Å². The Morgan fingerprint density at radius 1 is 1.00 bits per heavy atom. The van der Waals surface area contributed by atoms with Crippen LogP contribution in [-0.2, 0) is 38.1 Å². The van der Waals surface area contributed by atoms with E-state index >= 15 is 0 Å². The smallest absolute Gasteiger partial charge is 0.303 e. The summed E-state index contributed by atoms with van der Waals surface area (Å²) in [4.78, 5) is 33.2. The third-order valence-corrected chi connectivity index (χ3v) is 2.87. The van der Waals surface area contributed by atoms with Gasteiger partial charge in [-0.1, -0.05) is 0 Å². The third-order valence-electron chi connectivity index (χ3n) is 2.87. The van der Waals surface area contributed by atoms with E-state index in [0.717, 1.165) is 0 Å². The minimum absolute atomic E-state index is 0.0573. The third kappa shape index (κ3) is 5.31. The first-order chi connectivity index (χ1) is 9.85. The lowest BCUT2D eigenvalue weighted by Gasteiger charge is -2.40. The van der Waals surface area contributed by atoms with Gasteiger partial charge in [-0.05, 0) is 0 Å². The number of carbonyl (C=O) groups excluding carboxylic acids is 3. The molecule has 0 radical (unpaired) electrons. The van der Waals surface area contributed by atoms with Crippen molar-refractivity contribution in [3.8, 4) is 0 Å². The van der Waals surface area contributed by atoms with Gasteiger partial charge in [0, 0.05) is 27.9 Å². The van der Waals surface area contributed by atoms with Gasteiger partial charge in [-0.2, -0.15) is 0 Å². The number of ether oxygens (including phenoxy) is 5. The Morgan fingerprint density at radius 2 is 1.62 bits per heavy atom. The van der Waals surface area contributed by atoms with Gasteiger partial charge in [-0.15, -0.1) is 0 Å². The minimum Gasteiger partial charge on any atom is -0.463 e. The van der Waals surface area contributed by atoms with Crippen LogP contribution >= 0.6 is 0 Å². The van der Waals surface area contributed by atoms with Gasteiger partial charge >= 0.3 is 17.9 Å². The molecule has 0 N–H and O–H groups in total. The van der Waals surface area contributed by atoms with Crippen molar-refractivity contribution in [3.63, 3.8) is 0 Å². The number of methoxy groups -OCH3 is 1. The van der Waals surface area contributed by atoms with Crippen LogP contribution in [0.5, 0.6) is 0 Å². The van der Waals surface area contributed by atoms with Crippen molar-refractivity contribution < 1.29 is 38.1 Å². The van der Waals surface area contributed by atoms with Crippen LogP contribution in [0.3, 0.4) is 0 Å². The van der Waals surface area contributed by atoms with Crippen LogP contribution in [0.4, 0.5) is 0 Å². The Balaban J connectivity index is 2.84. The van der Waals surface area contributed by atoms with Crippen molar-refractivity contribution in [3.05, 3.63) is 0 Å². The molecule has 0 aromatic rings. The maximum Gasteiger partial charge on any atom is 0.303 e. The van der Waals surface area contributed by atoms with Crippen molar-refractivity contribution in [2.24, 2.45) is 0 Å². The fourth-order valence-corrected chi connectivity index (χ4v) is 2.11. The second-order valence-corrected chi connectivity index (χ2v) is 4.60. The molecule has 4 atom stereocenters. The average molecular weight is 304 g/mol. The Kier molecular flexibility index (Phi) is 6.57.